The highest BCUT2D eigenvalue weighted by Crippen LogP contribution is 2.20. The number of hydrogen-bond acceptors (Lipinski definition) is 5. The Kier molecular flexibility index (Phi) is 6.47. The van der Waals surface area contributed by atoms with Gasteiger partial charge >= 0.3 is 0 Å². The molecule has 1 fully saturated rings. The van der Waals surface area contributed by atoms with E-state index in [0.717, 1.165) is 40.9 Å². The number of H-pyrrole nitrogens is 1. The summed E-state index contributed by atoms with van der Waals surface area (Å²) in [6.07, 6.45) is 4.05. The number of amides is 2. The third-order valence-corrected chi connectivity index (χ3v) is 5.42. The van der Waals surface area contributed by atoms with Crippen LogP contribution < -0.4 is 15.5 Å². The number of ether oxygens (including phenoxy) is 1. The monoisotopic (exact) mass is 421 g/mol. The van der Waals surface area contributed by atoms with Gasteiger partial charge in [-0.25, -0.2) is 4.98 Å². The molecule has 1 aromatic carbocycles. The first-order valence-electron chi connectivity index (χ1n) is 10.5. The van der Waals surface area contributed by atoms with Crippen molar-refractivity contribution < 1.29 is 14.3 Å². The van der Waals surface area contributed by atoms with Gasteiger partial charge in [-0.15, -0.1) is 0 Å². The van der Waals surface area contributed by atoms with Gasteiger partial charge in [0.15, 0.2) is 0 Å². The molecule has 3 aromatic rings. The first kappa shape index (κ1) is 20.9. The van der Waals surface area contributed by atoms with Crippen LogP contribution in [0.5, 0.6) is 0 Å². The normalized spacial score (nSPS) is 14.9. The number of rotatable bonds is 7. The lowest BCUT2D eigenvalue weighted by Gasteiger charge is -2.29. The van der Waals surface area contributed by atoms with Gasteiger partial charge in [0.05, 0.1) is 13.2 Å². The maximum atomic E-state index is 13.0. The lowest BCUT2D eigenvalue weighted by atomic mass is 10.0. The molecule has 8 heteroatoms. The van der Waals surface area contributed by atoms with Crippen molar-refractivity contribution in [3.05, 3.63) is 59.9 Å². The summed E-state index contributed by atoms with van der Waals surface area (Å²) >= 11 is 0. The fraction of sp³-hybridized carbons (Fsp3) is 0.348. The minimum absolute atomic E-state index is 0.225. The Morgan fingerprint density at radius 3 is 2.77 bits per heavy atom. The zero-order valence-electron chi connectivity index (χ0n) is 17.6. The van der Waals surface area contributed by atoms with Gasteiger partial charge in [-0.2, -0.15) is 0 Å². The van der Waals surface area contributed by atoms with Crippen LogP contribution in [0.25, 0.3) is 10.9 Å². The van der Waals surface area contributed by atoms with Crippen molar-refractivity contribution in [3.8, 4) is 0 Å². The van der Waals surface area contributed by atoms with E-state index in [1.165, 1.54) is 6.92 Å². The maximum absolute atomic E-state index is 13.0. The molecule has 0 radical (unpaired) electrons. The average Bonchev–Trinajstić information content (AvgIpc) is 3.20. The predicted octanol–water partition coefficient (Wildman–Crippen LogP) is 1.76. The molecule has 0 spiro atoms. The van der Waals surface area contributed by atoms with Gasteiger partial charge in [0, 0.05) is 61.8 Å². The minimum Gasteiger partial charge on any atom is -0.378 e. The Labute approximate surface area is 181 Å². The van der Waals surface area contributed by atoms with E-state index < -0.39 is 6.04 Å². The van der Waals surface area contributed by atoms with Gasteiger partial charge < -0.3 is 25.3 Å². The number of aromatic nitrogens is 2. The summed E-state index contributed by atoms with van der Waals surface area (Å²) in [4.78, 5) is 34.7. The number of carbonyl (C=O) groups is 2. The van der Waals surface area contributed by atoms with E-state index >= 15 is 0 Å². The topological polar surface area (TPSA) is 99.3 Å². The molecule has 4 rings (SSSR count). The highest BCUT2D eigenvalue weighted by atomic mass is 16.5. The molecule has 2 amide bonds. The second kappa shape index (κ2) is 9.61. The van der Waals surface area contributed by atoms with Crippen molar-refractivity contribution >= 4 is 28.5 Å². The number of para-hydroxylation sites is 1. The smallest absolute Gasteiger partial charge is 0.243 e. The van der Waals surface area contributed by atoms with E-state index in [0.29, 0.717) is 26.2 Å². The van der Waals surface area contributed by atoms with Gasteiger partial charge in [-0.3, -0.25) is 9.59 Å². The fourth-order valence-corrected chi connectivity index (χ4v) is 3.91. The highest BCUT2D eigenvalue weighted by molar-refractivity contribution is 5.89. The van der Waals surface area contributed by atoms with Crippen LogP contribution in [-0.2, 0) is 27.3 Å². The molecule has 0 saturated carbocycles. The van der Waals surface area contributed by atoms with E-state index in [-0.39, 0.29) is 11.8 Å². The zero-order chi connectivity index (χ0) is 21.6. The fourth-order valence-electron chi connectivity index (χ4n) is 3.91. The second-order valence-electron chi connectivity index (χ2n) is 7.62. The van der Waals surface area contributed by atoms with Crippen molar-refractivity contribution in [2.75, 3.05) is 31.2 Å². The molecule has 31 heavy (non-hydrogen) atoms. The number of anilines is 1. The molecule has 1 aliphatic heterocycles. The molecule has 0 aliphatic carbocycles. The van der Waals surface area contributed by atoms with E-state index in [1.807, 2.05) is 42.6 Å². The zero-order valence-corrected chi connectivity index (χ0v) is 17.6. The molecule has 162 valence electrons. The van der Waals surface area contributed by atoms with Crippen LogP contribution >= 0.6 is 0 Å². The van der Waals surface area contributed by atoms with E-state index in [2.05, 4.69) is 25.5 Å². The predicted molar refractivity (Wildman–Crippen MR) is 119 cm³/mol. The summed E-state index contributed by atoms with van der Waals surface area (Å²) in [6, 6.07) is 11.1. The van der Waals surface area contributed by atoms with Crippen LogP contribution in [0.3, 0.4) is 0 Å². The minimum atomic E-state index is -0.666. The largest absolute Gasteiger partial charge is 0.378 e. The number of nitrogens with one attached hydrogen (secondary N) is 3. The third-order valence-electron chi connectivity index (χ3n) is 5.42. The molecular formula is C23H27N5O3. The molecule has 3 heterocycles. The molecule has 1 atom stereocenters. The second-order valence-corrected chi connectivity index (χ2v) is 7.62. The quantitative estimate of drug-likeness (QED) is 0.540. The molecule has 3 N–H and O–H groups in total. The van der Waals surface area contributed by atoms with E-state index in [4.69, 9.17) is 4.74 Å². The van der Waals surface area contributed by atoms with Gasteiger partial charge in [-0.05, 0) is 17.7 Å². The van der Waals surface area contributed by atoms with Gasteiger partial charge in [0.1, 0.15) is 11.9 Å². The summed E-state index contributed by atoms with van der Waals surface area (Å²) in [5.41, 5.74) is 2.93. The van der Waals surface area contributed by atoms with Crippen molar-refractivity contribution in [2.45, 2.75) is 25.9 Å². The first-order valence-corrected chi connectivity index (χ1v) is 10.5. The Bertz CT molecular complexity index is 1060. The van der Waals surface area contributed by atoms with E-state index in [9.17, 15) is 9.59 Å². The third kappa shape index (κ3) is 5.03. The van der Waals surface area contributed by atoms with Crippen LogP contribution in [0.15, 0.2) is 48.8 Å². The lowest BCUT2D eigenvalue weighted by Crippen LogP contribution is -2.47. The Hall–Kier alpha value is -3.39. The number of pyridine rings is 1. The van der Waals surface area contributed by atoms with Crippen molar-refractivity contribution in [3.63, 3.8) is 0 Å². The Morgan fingerprint density at radius 2 is 1.97 bits per heavy atom. The average molecular weight is 422 g/mol. The summed E-state index contributed by atoms with van der Waals surface area (Å²) in [5, 5.41) is 6.82. The standard InChI is InChI=1S/C23H27N5O3/c1-16(29)27-21(13-18-15-25-20-7-3-2-6-19(18)20)23(30)26-14-17-5-4-8-24-22(17)28-9-11-31-12-10-28/h2-8,15,21,25H,9-14H2,1H3,(H,26,30)(H,27,29). The SMILES string of the molecule is CC(=O)NC(Cc1c[nH]c2ccccc12)C(=O)NCc1cccnc1N1CCOCC1. The number of morpholine rings is 1. The molecule has 1 saturated heterocycles. The van der Waals surface area contributed by atoms with Gasteiger partial charge in [0.25, 0.3) is 0 Å². The summed E-state index contributed by atoms with van der Waals surface area (Å²) in [6.45, 7) is 4.63. The number of hydrogen-bond donors (Lipinski definition) is 3. The summed E-state index contributed by atoms with van der Waals surface area (Å²) in [5.74, 6) is 0.395. The van der Waals surface area contributed by atoms with Crippen LogP contribution in [0.4, 0.5) is 5.82 Å². The molecule has 1 aliphatic rings. The Morgan fingerprint density at radius 1 is 1.16 bits per heavy atom. The number of fused-ring (bicyclic) bond motifs is 1. The summed E-state index contributed by atoms with van der Waals surface area (Å²) < 4.78 is 5.43. The van der Waals surface area contributed by atoms with Crippen LogP contribution in [0.1, 0.15) is 18.1 Å². The molecule has 8 nitrogen and oxygen atoms in total. The number of benzene rings is 1. The van der Waals surface area contributed by atoms with Gasteiger partial charge in [-0.1, -0.05) is 24.3 Å². The van der Waals surface area contributed by atoms with Crippen LogP contribution in [-0.4, -0.2) is 54.1 Å². The van der Waals surface area contributed by atoms with E-state index in [1.54, 1.807) is 6.20 Å². The van der Waals surface area contributed by atoms with Crippen LogP contribution in [0.2, 0.25) is 0 Å². The molecule has 1 unspecified atom stereocenters. The number of carbonyl (C=O) groups excluding carboxylic acids is 2. The first-order chi connectivity index (χ1) is 15.1. The Balaban J connectivity index is 1.47. The van der Waals surface area contributed by atoms with Crippen LogP contribution in [0, 0.1) is 0 Å². The number of nitrogens with zero attached hydrogens (tertiary/aromatic N) is 2. The lowest BCUT2D eigenvalue weighted by molar-refractivity contribution is -0.128. The number of aromatic amines is 1. The van der Waals surface area contributed by atoms with Crippen molar-refractivity contribution in [1.29, 1.82) is 0 Å². The molecule has 2 aromatic heterocycles. The highest BCUT2D eigenvalue weighted by Gasteiger charge is 2.22. The van der Waals surface area contributed by atoms with Crippen molar-refractivity contribution in [1.82, 2.24) is 20.6 Å². The summed E-state index contributed by atoms with van der Waals surface area (Å²) in [7, 11) is 0. The van der Waals surface area contributed by atoms with Crippen molar-refractivity contribution in [2.24, 2.45) is 0 Å². The van der Waals surface area contributed by atoms with Gasteiger partial charge in [0.2, 0.25) is 11.8 Å². The molecular weight excluding hydrogens is 394 g/mol. The maximum Gasteiger partial charge on any atom is 0.243 e. The molecule has 0 bridgehead atoms.